The number of imide groups is 2. The van der Waals surface area contributed by atoms with Crippen LogP contribution in [0.1, 0.15) is 151 Å². The monoisotopic (exact) mass is 1720 g/mol. The molecular weight excluding hydrogens is 1600 g/mol. The smallest absolute Gasteiger partial charge is 0.409 e. The Hall–Kier alpha value is -9.58. The summed E-state index contributed by atoms with van der Waals surface area (Å²) in [5, 5.41) is 40.1. The standard InChI is InChI=1S/C42H55ClN4O12.C32H44ClN3O9.C10H13NO4.CH4/c1-24-13-12-14-31(56-8)42(54)23-30(57-40(53)44-42)25(2)38-41(4,59-38)32(22-36(51)46(6)28-20-27(19-24)21-29(55-7)37(28)43)58-39(52)26(3)45(5)33(48)15-10-9-11-18-47-34(49)16-17-35(47)50;1-17-10-9-11-24(42-8)32(40)16-23(43-30(39)35-32)18(2)28-31(4,45-28)25(44-29(38)19(3)34-5)15-26(37)36(6)21-13-20(12-17)14-22(41-7)27(21)33;12-8-5-6-9(13)11(8)7-3-1-2-4-10(14)15;/h12-14,16-17,20-21,25-26,30-32,38,54H,9-11,15,18-19,22-23H2,1-8H3,(H,44,53);9-11,13-14,18-19,23-25,28,34,40H,12,15-16H2,1-8H3,(H,35,39);5-6H,1-4,7H2,(H,14,15);1H4/b14-12+,24-13+;11-9+,17-10+;;/t25-,26+,30+,31-,32+,38?,41+,42+;18-,19+,23+,24-,25+,28?,31+,32+;;/m11../s1. The number of alkyl carbamates (subject to hydrolysis) is 2. The first-order valence-corrected chi connectivity index (χ1v) is 40.3. The van der Waals surface area contributed by atoms with Crippen LogP contribution in [0.4, 0.5) is 21.0 Å². The second-order valence-corrected chi connectivity index (χ2v) is 32.2. The van der Waals surface area contributed by atoms with Crippen molar-refractivity contribution in [3.8, 4) is 11.5 Å². The van der Waals surface area contributed by atoms with Gasteiger partial charge in [-0.2, -0.15) is 0 Å². The Balaban J connectivity index is 0.000000286. The molecule has 16 atom stereocenters. The number of rotatable bonds is 22. The molecule has 120 heavy (non-hydrogen) atoms. The van der Waals surface area contributed by atoms with Gasteiger partial charge < -0.3 is 82.7 Å². The first-order chi connectivity index (χ1) is 56.1. The van der Waals surface area contributed by atoms with Crippen molar-refractivity contribution in [3.63, 3.8) is 0 Å². The zero-order valence-corrected chi connectivity index (χ0v) is 71.7. The summed E-state index contributed by atoms with van der Waals surface area (Å²) in [5.41, 5.74) is -1.70. The molecule has 4 fully saturated rings. The number of ether oxygens (including phenoxy) is 10. The van der Waals surface area contributed by atoms with Crippen molar-refractivity contribution >= 4 is 106 Å². The topological polar surface area (TPSA) is 417 Å². The number of likely N-dealkylation sites (N-methyl/N-ethyl adjacent to an activating group) is 2. The van der Waals surface area contributed by atoms with Crippen LogP contribution in [-0.2, 0) is 98.7 Å². The van der Waals surface area contributed by atoms with Crippen molar-refractivity contribution in [3.05, 3.63) is 117 Å². The number of allylic oxidation sites excluding steroid dienone is 6. The highest BCUT2D eigenvalue weighted by Crippen LogP contribution is 2.51. The first kappa shape index (κ1) is 97.5. The SMILES string of the molecule is C.CN[C@@H](C)C(=O)O[C@H]1CC(=O)N(C)c2cc(cc(OC)c2Cl)C/C(C)=C/C=C/[C@@H](OC)[C@@]2(O)C[C@H](OC(=O)N2)[C@@H](C)C2O[C@]21C.COc1cc2cc(c1Cl)N(C)C(=O)C[C@H](OC(=O)[C@H](C)N(C)C(=O)CCCCCN1C(=O)C=CC1=O)[C@]1(C)OC1[C@H](C)[C@@H]1C[C@@](O)(NC(=O)O1)[C@H](OC)/C=C/C=C(\C)C2.O=C(O)CCCCCN1C(=O)C=CC1=O. The number of esters is 2. The Bertz CT molecular complexity index is 4300. The number of epoxide rings is 2. The van der Waals surface area contributed by atoms with Gasteiger partial charge in [0.1, 0.15) is 81.5 Å². The number of carboxylic acids is 1. The number of unbranched alkanes of at least 4 members (excludes halogenated alkanes) is 4. The third-order valence-electron chi connectivity index (χ3n) is 22.9. The molecule has 2 unspecified atom stereocenters. The summed E-state index contributed by atoms with van der Waals surface area (Å²) in [7, 11) is 12.1. The van der Waals surface area contributed by atoms with E-state index < -0.39 is 131 Å². The molecule has 660 valence electrons. The molecule has 8 aliphatic rings. The van der Waals surface area contributed by atoms with Crippen molar-refractivity contribution in [2.24, 2.45) is 11.8 Å². The van der Waals surface area contributed by atoms with Crippen LogP contribution in [-0.4, -0.2) is 255 Å². The number of nitrogens with zero attached hydrogens (tertiary/aromatic N) is 5. The van der Waals surface area contributed by atoms with Crippen molar-refractivity contribution in [2.75, 3.05) is 79.5 Å². The second kappa shape index (κ2) is 42.3. The molecule has 2 aromatic rings. The fraction of sp³-hybridized carbons (Fsp3) is 0.576. The molecule has 8 aliphatic heterocycles. The Morgan fingerprint density at radius 3 is 1.36 bits per heavy atom. The lowest BCUT2D eigenvalue weighted by Gasteiger charge is -2.42. The number of carboxylic acid groups (broad SMARTS) is 1. The molecule has 10 rings (SSSR count). The third-order valence-corrected chi connectivity index (χ3v) is 23.6. The second-order valence-electron chi connectivity index (χ2n) is 31.5. The summed E-state index contributed by atoms with van der Waals surface area (Å²) >= 11 is 13.5. The van der Waals surface area contributed by atoms with E-state index >= 15 is 0 Å². The summed E-state index contributed by atoms with van der Waals surface area (Å²) in [5.74, 6) is -4.83. The molecule has 9 amide bonds. The molecule has 8 bridgehead atoms. The summed E-state index contributed by atoms with van der Waals surface area (Å²) in [4.78, 5) is 156. The molecule has 6 N–H and O–H groups in total. The van der Waals surface area contributed by atoms with E-state index in [2.05, 4.69) is 16.0 Å². The highest BCUT2D eigenvalue weighted by atomic mass is 35.5. The maximum Gasteiger partial charge on any atom is 0.409 e. The van der Waals surface area contributed by atoms with Crippen LogP contribution in [0.5, 0.6) is 11.5 Å². The van der Waals surface area contributed by atoms with Gasteiger partial charge in [0.25, 0.3) is 23.6 Å². The minimum absolute atomic E-state index is 0. The minimum Gasteiger partial charge on any atom is -0.495 e. The van der Waals surface area contributed by atoms with Crippen LogP contribution < -0.4 is 35.2 Å². The minimum atomic E-state index is -1.85. The van der Waals surface area contributed by atoms with E-state index in [1.807, 2.05) is 39.0 Å². The van der Waals surface area contributed by atoms with Crippen LogP contribution in [0.15, 0.2) is 96.2 Å². The van der Waals surface area contributed by atoms with E-state index in [0.29, 0.717) is 80.8 Å². The summed E-state index contributed by atoms with van der Waals surface area (Å²) in [6.45, 7) is 14.7. The Morgan fingerprint density at radius 2 is 0.992 bits per heavy atom. The maximum atomic E-state index is 14.2. The zero-order valence-electron chi connectivity index (χ0n) is 70.1. The van der Waals surface area contributed by atoms with Crippen LogP contribution in [0.25, 0.3) is 0 Å². The quantitative estimate of drug-likeness (QED) is 0.0211. The van der Waals surface area contributed by atoms with Gasteiger partial charge in [-0.25, -0.2) is 14.4 Å². The highest BCUT2D eigenvalue weighted by molar-refractivity contribution is 6.36. The van der Waals surface area contributed by atoms with Crippen LogP contribution in [0, 0.1) is 11.8 Å². The normalized spacial score (nSPS) is 29.9. The molecule has 4 saturated heterocycles. The number of carbonyl (C=O) groups excluding carboxylic acids is 11. The highest BCUT2D eigenvalue weighted by Gasteiger charge is 2.66. The number of aliphatic hydroxyl groups is 2. The zero-order chi connectivity index (χ0) is 87.9. The lowest BCUT2D eigenvalue weighted by molar-refractivity contribution is -0.162. The number of carbonyl (C=O) groups is 12. The van der Waals surface area contributed by atoms with Gasteiger partial charge in [0.05, 0.1) is 50.6 Å². The van der Waals surface area contributed by atoms with Gasteiger partial charge in [-0.1, -0.05) is 105 Å². The number of halogens is 2. The Morgan fingerprint density at radius 1 is 0.608 bits per heavy atom. The Kier molecular flexibility index (Phi) is 34.4. The van der Waals surface area contributed by atoms with Crippen LogP contribution in [0.2, 0.25) is 10.0 Å². The van der Waals surface area contributed by atoms with E-state index in [-0.39, 0.29) is 98.0 Å². The van der Waals surface area contributed by atoms with Crippen molar-refractivity contribution in [2.45, 2.75) is 236 Å². The lowest BCUT2D eigenvalue weighted by Crippen LogP contribution is -2.63. The molecule has 33 nitrogen and oxygen atoms in total. The average molecular weight is 1720 g/mol. The van der Waals surface area contributed by atoms with E-state index in [9.17, 15) is 67.7 Å². The van der Waals surface area contributed by atoms with E-state index in [1.165, 1.54) is 86.3 Å². The molecule has 0 saturated carbocycles. The average Bonchev–Trinajstić information content (AvgIpc) is 1.57. The number of benzene rings is 2. The predicted molar refractivity (Wildman–Crippen MR) is 441 cm³/mol. The summed E-state index contributed by atoms with van der Waals surface area (Å²) < 4.78 is 58.1. The van der Waals surface area contributed by atoms with Crippen molar-refractivity contribution in [1.82, 2.24) is 30.7 Å². The van der Waals surface area contributed by atoms with Crippen LogP contribution in [0.3, 0.4) is 0 Å². The number of anilines is 2. The molecule has 0 aromatic heterocycles. The molecule has 0 spiro atoms. The number of hydrogen-bond acceptors (Lipinski definition) is 25. The third kappa shape index (κ3) is 24.0. The largest absolute Gasteiger partial charge is 0.495 e. The fourth-order valence-corrected chi connectivity index (χ4v) is 15.7. The number of hydrogen-bond donors (Lipinski definition) is 6. The number of amides is 9. The number of nitrogens with one attached hydrogen (secondary N) is 3. The molecule has 0 aliphatic carbocycles. The Labute approximate surface area is 709 Å². The molecule has 2 aromatic carbocycles. The van der Waals surface area contributed by atoms with E-state index in [4.69, 9.17) is 75.7 Å². The van der Waals surface area contributed by atoms with Gasteiger partial charge >= 0.3 is 30.1 Å². The van der Waals surface area contributed by atoms with Gasteiger partial charge in [-0.3, -0.25) is 63.6 Å². The van der Waals surface area contributed by atoms with Gasteiger partial charge in [0.2, 0.25) is 17.7 Å². The van der Waals surface area contributed by atoms with Gasteiger partial charge in [-0.05, 0) is 123 Å². The van der Waals surface area contributed by atoms with Crippen LogP contribution >= 0.6 is 23.2 Å². The lowest BCUT2D eigenvalue weighted by atomic mass is 9.83. The van der Waals surface area contributed by atoms with E-state index in [0.717, 1.165) is 27.2 Å². The van der Waals surface area contributed by atoms with E-state index in [1.54, 1.807) is 91.3 Å². The fourth-order valence-electron chi connectivity index (χ4n) is 15.1. The predicted octanol–water partition coefficient (Wildman–Crippen LogP) is 8.47. The van der Waals surface area contributed by atoms with Gasteiger partial charge in [-0.15, -0.1) is 0 Å². The number of fused-ring (bicyclic) bond motifs is 10. The molecule has 35 heteroatoms. The number of methoxy groups -OCH3 is 4. The van der Waals surface area contributed by atoms with Gasteiger partial charge in [0.15, 0.2) is 11.4 Å². The summed E-state index contributed by atoms with van der Waals surface area (Å²) in [6.07, 6.45) is 10.9. The number of aliphatic carboxylic acids is 1. The van der Waals surface area contributed by atoms with Crippen molar-refractivity contribution < 1.29 is 120 Å². The summed E-state index contributed by atoms with van der Waals surface area (Å²) in [6, 6.07) is 5.49. The molecule has 8 heterocycles. The van der Waals surface area contributed by atoms with Gasteiger partial charge in [0, 0.05) is 110 Å². The molecular formula is C85H116Cl2N8O25. The molecule has 0 radical (unpaired) electrons. The maximum absolute atomic E-state index is 14.2. The van der Waals surface area contributed by atoms with Crippen molar-refractivity contribution in [1.29, 1.82) is 0 Å². The first-order valence-electron chi connectivity index (χ1n) is 39.5.